The summed E-state index contributed by atoms with van der Waals surface area (Å²) in [5, 5.41) is 22.1. The number of nitro benzene ring substituents is 1. The molecule has 1 saturated carbocycles. The molecule has 104 valence electrons. The van der Waals surface area contributed by atoms with E-state index in [0.717, 1.165) is 24.1 Å². The van der Waals surface area contributed by atoms with Crippen molar-refractivity contribution < 1.29 is 10.0 Å². The van der Waals surface area contributed by atoms with Gasteiger partial charge in [0.1, 0.15) is 10.6 Å². The van der Waals surface area contributed by atoms with Crippen LogP contribution in [-0.2, 0) is 5.60 Å². The Morgan fingerprint density at radius 2 is 2.15 bits per heavy atom. The summed E-state index contributed by atoms with van der Waals surface area (Å²) in [5.41, 5.74) is -0.214. The molecule has 0 aliphatic heterocycles. The van der Waals surface area contributed by atoms with E-state index in [2.05, 4.69) is 4.98 Å². The van der Waals surface area contributed by atoms with Gasteiger partial charge in [-0.25, -0.2) is 4.98 Å². The highest BCUT2D eigenvalue weighted by atomic mass is 35.5. The van der Waals surface area contributed by atoms with E-state index in [1.54, 1.807) is 12.3 Å². The van der Waals surface area contributed by atoms with Crippen LogP contribution < -0.4 is 0 Å². The van der Waals surface area contributed by atoms with Crippen molar-refractivity contribution in [2.75, 3.05) is 0 Å². The Labute approximate surface area is 124 Å². The largest absolute Gasteiger partial charge is 0.383 e. The maximum Gasteiger partial charge on any atom is 0.271 e. The summed E-state index contributed by atoms with van der Waals surface area (Å²) >= 11 is 7.27. The molecule has 0 unspecified atom stereocenters. The molecule has 5 nitrogen and oxygen atoms in total. The number of nitro groups is 1. The van der Waals surface area contributed by atoms with Crippen LogP contribution in [0, 0.1) is 10.1 Å². The number of aromatic nitrogens is 1. The Hall–Kier alpha value is -1.50. The lowest BCUT2D eigenvalue weighted by Gasteiger charge is -2.34. The van der Waals surface area contributed by atoms with E-state index in [9.17, 15) is 15.2 Å². The summed E-state index contributed by atoms with van der Waals surface area (Å²) in [6.45, 7) is 0. The van der Waals surface area contributed by atoms with Crippen molar-refractivity contribution in [2.45, 2.75) is 24.9 Å². The quantitative estimate of drug-likeness (QED) is 0.692. The zero-order valence-electron chi connectivity index (χ0n) is 10.4. The molecule has 1 aromatic heterocycles. The van der Waals surface area contributed by atoms with Crippen LogP contribution in [0.5, 0.6) is 0 Å². The third-order valence-corrected chi connectivity index (χ3v) is 4.92. The first-order valence-corrected chi connectivity index (χ1v) is 7.31. The van der Waals surface area contributed by atoms with Gasteiger partial charge in [0, 0.05) is 28.9 Å². The van der Waals surface area contributed by atoms with Crippen molar-refractivity contribution in [1.29, 1.82) is 0 Å². The highest BCUT2D eigenvalue weighted by molar-refractivity contribution is 7.15. The van der Waals surface area contributed by atoms with Gasteiger partial charge in [-0.15, -0.1) is 11.3 Å². The van der Waals surface area contributed by atoms with Gasteiger partial charge in [-0.2, -0.15) is 0 Å². The Bertz CT molecular complexity index is 682. The molecular weight excluding hydrogens is 300 g/mol. The number of nitrogens with zero attached hydrogens (tertiary/aromatic N) is 2. The highest BCUT2D eigenvalue weighted by Crippen LogP contribution is 2.44. The van der Waals surface area contributed by atoms with Crippen molar-refractivity contribution in [3.05, 3.63) is 44.5 Å². The van der Waals surface area contributed by atoms with Crippen molar-refractivity contribution in [2.24, 2.45) is 0 Å². The molecule has 1 N–H and O–H groups in total. The number of non-ortho nitro benzene ring substituents is 1. The molecule has 0 spiro atoms. The zero-order chi connectivity index (χ0) is 14.3. The van der Waals surface area contributed by atoms with Gasteiger partial charge >= 0.3 is 0 Å². The van der Waals surface area contributed by atoms with Crippen LogP contribution in [0.15, 0.2) is 24.4 Å². The zero-order valence-corrected chi connectivity index (χ0v) is 11.9. The Morgan fingerprint density at radius 1 is 1.40 bits per heavy atom. The SMILES string of the molecule is O=[N+]([O-])c1cc(Cl)cc(-c2cnc(C3(O)CCC3)s2)c1. The second-order valence-electron chi connectivity index (χ2n) is 4.87. The molecule has 20 heavy (non-hydrogen) atoms. The normalized spacial score (nSPS) is 16.7. The predicted octanol–water partition coefficient (Wildman–Crippen LogP) is 3.74. The fraction of sp³-hybridized carbons (Fsp3) is 0.308. The number of thiazole rings is 1. The molecular formula is C13H11ClN2O3S. The van der Waals surface area contributed by atoms with E-state index in [-0.39, 0.29) is 5.69 Å². The first kappa shape index (κ1) is 13.5. The lowest BCUT2D eigenvalue weighted by atomic mass is 9.81. The number of halogens is 1. The molecule has 7 heteroatoms. The first-order valence-electron chi connectivity index (χ1n) is 6.12. The second-order valence-corrected chi connectivity index (χ2v) is 6.34. The van der Waals surface area contributed by atoms with Gasteiger partial charge in [-0.05, 0) is 25.3 Å². The van der Waals surface area contributed by atoms with Gasteiger partial charge in [0.15, 0.2) is 0 Å². The van der Waals surface area contributed by atoms with E-state index in [1.165, 1.54) is 23.5 Å². The molecule has 1 aliphatic carbocycles. The van der Waals surface area contributed by atoms with Crippen LogP contribution in [0.1, 0.15) is 24.3 Å². The summed E-state index contributed by atoms with van der Waals surface area (Å²) in [6, 6.07) is 4.44. The lowest BCUT2D eigenvalue weighted by Crippen LogP contribution is -2.33. The third-order valence-electron chi connectivity index (χ3n) is 3.46. The minimum atomic E-state index is -0.812. The minimum absolute atomic E-state index is 0.0511. The monoisotopic (exact) mass is 310 g/mol. The Balaban J connectivity index is 1.99. The van der Waals surface area contributed by atoms with Gasteiger partial charge in [-0.3, -0.25) is 10.1 Å². The number of rotatable bonds is 3. The fourth-order valence-electron chi connectivity index (χ4n) is 2.17. The molecule has 1 heterocycles. The molecule has 1 fully saturated rings. The minimum Gasteiger partial charge on any atom is -0.383 e. The van der Waals surface area contributed by atoms with Crippen LogP contribution in [0.3, 0.4) is 0 Å². The van der Waals surface area contributed by atoms with E-state index in [1.807, 2.05) is 0 Å². The lowest BCUT2D eigenvalue weighted by molar-refractivity contribution is -0.384. The predicted molar refractivity (Wildman–Crippen MR) is 77.0 cm³/mol. The number of hydrogen-bond acceptors (Lipinski definition) is 5. The van der Waals surface area contributed by atoms with Crippen LogP contribution in [0.2, 0.25) is 5.02 Å². The van der Waals surface area contributed by atoms with Crippen LogP contribution in [-0.4, -0.2) is 15.0 Å². The van der Waals surface area contributed by atoms with Crippen molar-refractivity contribution >= 4 is 28.6 Å². The number of aliphatic hydroxyl groups is 1. The van der Waals surface area contributed by atoms with E-state index in [0.29, 0.717) is 15.6 Å². The van der Waals surface area contributed by atoms with Gasteiger partial charge in [0.2, 0.25) is 0 Å². The third kappa shape index (κ3) is 2.30. The first-order chi connectivity index (χ1) is 9.48. The fourth-order valence-corrected chi connectivity index (χ4v) is 3.45. The topological polar surface area (TPSA) is 76.3 Å². The molecule has 1 aromatic carbocycles. The molecule has 0 bridgehead atoms. The van der Waals surface area contributed by atoms with Gasteiger partial charge < -0.3 is 5.11 Å². The summed E-state index contributed by atoms with van der Waals surface area (Å²) in [4.78, 5) is 15.4. The Kier molecular flexibility index (Phi) is 3.24. The van der Waals surface area contributed by atoms with Crippen molar-refractivity contribution in [3.8, 4) is 10.4 Å². The average molecular weight is 311 g/mol. The van der Waals surface area contributed by atoms with Crippen molar-refractivity contribution in [3.63, 3.8) is 0 Å². The maximum absolute atomic E-state index is 10.9. The summed E-state index contributed by atoms with van der Waals surface area (Å²) in [6.07, 6.45) is 4.06. The highest BCUT2D eigenvalue weighted by Gasteiger charge is 2.39. The van der Waals surface area contributed by atoms with E-state index >= 15 is 0 Å². The molecule has 0 amide bonds. The Morgan fingerprint density at radius 3 is 2.75 bits per heavy atom. The van der Waals surface area contributed by atoms with Gasteiger partial charge in [-0.1, -0.05) is 11.6 Å². The maximum atomic E-state index is 10.9. The summed E-state index contributed by atoms with van der Waals surface area (Å²) in [7, 11) is 0. The van der Waals surface area contributed by atoms with E-state index < -0.39 is 10.5 Å². The molecule has 0 radical (unpaired) electrons. The van der Waals surface area contributed by atoms with Gasteiger partial charge in [0.05, 0.1) is 9.80 Å². The molecule has 0 atom stereocenters. The molecule has 1 aliphatic rings. The molecule has 3 rings (SSSR count). The summed E-state index contributed by atoms with van der Waals surface area (Å²) in [5.74, 6) is 0. The standard InChI is InChI=1S/C13H11ClN2O3S/c14-9-4-8(5-10(6-9)16(18)19)11-7-15-12(20-11)13(17)2-1-3-13/h4-7,17H,1-3H2. The van der Waals surface area contributed by atoms with Crippen LogP contribution in [0.4, 0.5) is 5.69 Å². The van der Waals surface area contributed by atoms with Crippen molar-refractivity contribution in [1.82, 2.24) is 4.98 Å². The number of hydrogen-bond donors (Lipinski definition) is 1. The van der Waals surface area contributed by atoms with Crippen LogP contribution in [0.25, 0.3) is 10.4 Å². The molecule has 2 aromatic rings. The molecule has 0 saturated heterocycles. The second kappa shape index (κ2) is 4.80. The number of benzene rings is 1. The smallest absolute Gasteiger partial charge is 0.271 e. The summed E-state index contributed by atoms with van der Waals surface area (Å²) < 4.78 is 0. The average Bonchev–Trinajstić information content (AvgIpc) is 2.85. The van der Waals surface area contributed by atoms with Gasteiger partial charge in [0.25, 0.3) is 5.69 Å². The van der Waals surface area contributed by atoms with Crippen LogP contribution >= 0.6 is 22.9 Å². The van der Waals surface area contributed by atoms with E-state index in [4.69, 9.17) is 11.6 Å².